The van der Waals surface area contributed by atoms with Crippen molar-refractivity contribution >= 4 is 16.1 Å². The molecule has 184 valence electrons. The van der Waals surface area contributed by atoms with Crippen molar-refractivity contribution in [2.75, 3.05) is 32.8 Å². The summed E-state index contributed by atoms with van der Waals surface area (Å²) in [5.74, 6) is -0.279. The average molecular weight is 494 g/mol. The molecule has 4 rings (SSSR count). The lowest BCUT2D eigenvalue weighted by Crippen LogP contribution is -2.60. The van der Waals surface area contributed by atoms with Gasteiger partial charge in [-0.25, -0.2) is 26.7 Å². The number of fused-ring (bicyclic) bond motifs is 5. The second-order valence-electron chi connectivity index (χ2n) is 9.27. The number of sulfonamides is 1. The van der Waals surface area contributed by atoms with Gasteiger partial charge in [0.05, 0.1) is 12.1 Å². The molecule has 1 saturated heterocycles. The molecule has 0 unspecified atom stereocenters. The fourth-order valence-corrected chi connectivity index (χ4v) is 6.01. The van der Waals surface area contributed by atoms with Gasteiger partial charge in [-0.2, -0.15) is 0 Å². The van der Waals surface area contributed by atoms with Crippen LogP contribution in [0.3, 0.4) is 0 Å². The normalized spacial score (nSPS) is 25.5. The van der Waals surface area contributed by atoms with Crippen LogP contribution in [0, 0.1) is 11.7 Å². The lowest BCUT2D eigenvalue weighted by Gasteiger charge is -2.41. The van der Waals surface area contributed by atoms with E-state index in [1.807, 2.05) is 0 Å². The van der Waals surface area contributed by atoms with Crippen molar-refractivity contribution in [1.29, 1.82) is 0 Å². The maximum atomic E-state index is 15.9. The quantitative estimate of drug-likeness (QED) is 0.711. The molecular weight excluding hydrogens is 464 g/mol. The van der Waals surface area contributed by atoms with Gasteiger partial charge in [0.1, 0.15) is 18.2 Å². The van der Waals surface area contributed by atoms with Gasteiger partial charge < -0.3 is 14.5 Å². The van der Waals surface area contributed by atoms with Gasteiger partial charge in [0.25, 0.3) is 0 Å². The Labute approximate surface area is 198 Å². The Morgan fingerprint density at radius 2 is 1.88 bits per heavy atom. The lowest BCUT2D eigenvalue weighted by molar-refractivity contribution is 0.113. The second kappa shape index (κ2) is 9.14. The number of alkyl halides is 1. The fourth-order valence-electron chi connectivity index (χ4n) is 5.07. The van der Waals surface area contributed by atoms with Crippen molar-refractivity contribution in [3.63, 3.8) is 0 Å². The van der Waals surface area contributed by atoms with Gasteiger partial charge in [-0.05, 0) is 30.9 Å². The maximum Gasteiger partial charge on any atom is 0.320 e. The molecular formula is C24H29F2N3O4S. The monoisotopic (exact) mass is 493 g/mol. The number of hydrogen-bond acceptors (Lipinski definition) is 4. The van der Waals surface area contributed by atoms with Crippen LogP contribution < -0.4 is 9.46 Å². The smallest absolute Gasteiger partial charge is 0.320 e. The molecule has 0 spiro atoms. The number of amides is 2. The molecule has 2 heterocycles. The minimum atomic E-state index is -4.21. The molecule has 2 aromatic carbocycles. The van der Waals surface area contributed by atoms with Gasteiger partial charge >= 0.3 is 6.03 Å². The number of carbonyl (C=O) groups excluding carboxylic acids is 1. The van der Waals surface area contributed by atoms with Gasteiger partial charge in [-0.3, -0.25) is 0 Å². The van der Waals surface area contributed by atoms with Crippen LogP contribution in [0.25, 0.3) is 11.1 Å². The molecule has 7 nitrogen and oxygen atoms in total. The maximum absolute atomic E-state index is 15.9. The number of para-hydroxylation sites is 1. The predicted molar refractivity (Wildman–Crippen MR) is 125 cm³/mol. The van der Waals surface area contributed by atoms with E-state index in [2.05, 4.69) is 4.72 Å². The number of rotatable bonds is 3. The van der Waals surface area contributed by atoms with E-state index in [0.29, 0.717) is 22.4 Å². The third kappa shape index (κ3) is 4.36. The zero-order chi connectivity index (χ0) is 24.7. The highest BCUT2D eigenvalue weighted by atomic mass is 32.2. The van der Waals surface area contributed by atoms with Crippen LogP contribution in [0.2, 0.25) is 0 Å². The third-order valence-corrected chi connectivity index (χ3v) is 7.72. The topological polar surface area (TPSA) is 79.0 Å². The number of hydrogen-bond donors (Lipinski definition) is 1. The Morgan fingerprint density at radius 3 is 2.62 bits per heavy atom. The Morgan fingerprint density at radius 1 is 1.18 bits per heavy atom. The molecule has 0 radical (unpaired) electrons. The van der Waals surface area contributed by atoms with E-state index < -0.39 is 33.4 Å². The molecule has 10 heteroatoms. The van der Waals surface area contributed by atoms with Crippen molar-refractivity contribution in [3.8, 4) is 16.9 Å². The van der Waals surface area contributed by atoms with Crippen LogP contribution in [0.15, 0.2) is 42.5 Å². The first-order valence-corrected chi connectivity index (χ1v) is 12.8. The first kappa shape index (κ1) is 24.4. The fraction of sp³-hybridized carbons (Fsp3) is 0.458. The Kier molecular flexibility index (Phi) is 6.56. The molecule has 2 aromatic rings. The van der Waals surface area contributed by atoms with E-state index in [9.17, 15) is 17.6 Å². The summed E-state index contributed by atoms with van der Waals surface area (Å²) < 4.78 is 61.8. The highest BCUT2D eigenvalue weighted by Crippen LogP contribution is 2.40. The largest absolute Gasteiger partial charge is 0.491 e. The number of nitrogens with zero attached hydrogens (tertiary/aromatic N) is 2. The summed E-state index contributed by atoms with van der Waals surface area (Å²) >= 11 is 0. The first-order valence-electron chi connectivity index (χ1n) is 11.2. The molecule has 1 fully saturated rings. The molecule has 2 aliphatic rings. The molecule has 0 aliphatic carbocycles. The van der Waals surface area contributed by atoms with E-state index >= 15 is 4.39 Å². The number of carbonyl (C=O) groups is 1. The average Bonchev–Trinajstić information content (AvgIpc) is 3.04. The Balaban J connectivity index is 1.87. The number of nitrogens with one attached hydrogen (secondary N) is 1. The van der Waals surface area contributed by atoms with Gasteiger partial charge in [0.2, 0.25) is 16.0 Å². The van der Waals surface area contributed by atoms with Crippen molar-refractivity contribution in [3.05, 3.63) is 53.8 Å². The van der Waals surface area contributed by atoms with Crippen molar-refractivity contribution in [1.82, 2.24) is 14.5 Å². The summed E-state index contributed by atoms with van der Waals surface area (Å²) in [7, 11) is -2.57. The standard InChI is InChI=1S/C24H29F2N3O4S/c1-16-14-29-23(30)28(3)11-12-33-20-10-5-4-8-18(20)19-9-6-7-17(21(19)26)13-24(29,2)22(16)27-34(31,32)15-25/h4-10,16,22,27H,11-15H2,1-3H3/t16-,22-,24-/m0/s1. The van der Waals surface area contributed by atoms with Crippen molar-refractivity contribution in [2.24, 2.45) is 5.92 Å². The predicted octanol–water partition coefficient (Wildman–Crippen LogP) is 3.40. The van der Waals surface area contributed by atoms with E-state index in [1.165, 1.54) is 4.90 Å². The minimum absolute atomic E-state index is 0.0408. The van der Waals surface area contributed by atoms with E-state index in [-0.39, 0.29) is 38.1 Å². The van der Waals surface area contributed by atoms with Crippen LogP contribution in [0.5, 0.6) is 5.75 Å². The number of likely N-dealkylation sites (N-methyl/N-ethyl adjacent to an activating group) is 1. The zero-order valence-corrected chi connectivity index (χ0v) is 20.2. The SMILES string of the molecule is C[C@H]1CN2C(=O)N(C)CCOc3ccccc3-c3cccc(c3F)C[C@@]2(C)[C@H]1NS(=O)(=O)CF. The summed E-state index contributed by atoms with van der Waals surface area (Å²) in [5.41, 5.74) is 0.134. The van der Waals surface area contributed by atoms with Crippen molar-refractivity contribution in [2.45, 2.75) is 31.8 Å². The highest BCUT2D eigenvalue weighted by Gasteiger charge is 2.53. The molecule has 2 amide bonds. The second-order valence-corrected chi connectivity index (χ2v) is 11.0. The van der Waals surface area contributed by atoms with Crippen LogP contribution in [-0.4, -0.2) is 68.6 Å². The van der Waals surface area contributed by atoms with E-state index in [4.69, 9.17) is 4.74 Å². The molecule has 34 heavy (non-hydrogen) atoms. The molecule has 2 aliphatic heterocycles. The van der Waals surface area contributed by atoms with Gasteiger partial charge in [0, 0.05) is 30.8 Å². The van der Waals surface area contributed by atoms with Gasteiger partial charge in [0.15, 0.2) is 0 Å². The number of urea groups is 1. The molecule has 0 saturated carbocycles. The number of benzene rings is 2. The van der Waals surface area contributed by atoms with E-state index in [1.54, 1.807) is 68.3 Å². The van der Waals surface area contributed by atoms with E-state index in [0.717, 1.165) is 0 Å². The lowest BCUT2D eigenvalue weighted by atomic mass is 9.83. The summed E-state index contributed by atoms with van der Waals surface area (Å²) in [6, 6.07) is 9.44. The summed E-state index contributed by atoms with van der Waals surface area (Å²) in [4.78, 5) is 16.5. The molecule has 3 atom stereocenters. The first-order chi connectivity index (χ1) is 16.1. The van der Waals surface area contributed by atoms with Crippen LogP contribution in [0.1, 0.15) is 19.4 Å². The minimum Gasteiger partial charge on any atom is -0.491 e. The number of halogens is 2. The summed E-state index contributed by atoms with van der Waals surface area (Å²) in [5, 5.41) is 0. The molecule has 1 N–H and O–H groups in total. The van der Waals surface area contributed by atoms with Crippen LogP contribution in [-0.2, 0) is 16.4 Å². The highest BCUT2D eigenvalue weighted by molar-refractivity contribution is 7.89. The van der Waals surface area contributed by atoms with Crippen LogP contribution in [0.4, 0.5) is 13.6 Å². The molecule has 0 aromatic heterocycles. The Bertz CT molecular complexity index is 1190. The zero-order valence-electron chi connectivity index (χ0n) is 19.4. The summed E-state index contributed by atoms with van der Waals surface area (Å²) in [6.45, 7) is 4.23. The number of ether oxygens (including phenoxy) is 1. The molecule has 2 bridgehead atoms. The third-order valence-electron chi connectivity index (χ3n) is 6.82. The van der Waals surface area contributed by atoms with Gasteiger partial charge in [-0.1, -0.05) is 43.3 Å². The summed E-state index contributed by atoms with van der Waals surface area (Å²) in [6.07, 6.45) is 0.0408. The van der Waals surface area contributed by atoms with Crippen molar-refractivity contribution < 1.29 is 26.7 Å². The Hall–Kier alpha value is -2.72. The van der Waals surface area contributed by atoms with Gasteiger partial charge in [-0.15, -0.1) is 0 Å². The van der Waals surface area contributed by atoms with Crippen LogP contribution >= 0.6 is 0 Å².